The lowest BCUT2D eigenvalue weighted by Gasteiger charge is -2.33. The molecule has 0 spiro atoms. The minimum absolute atomic E-state index is 0.123. The molecular formula is C15H18F3NO2. The van der Waals surface area contributed by atoms with Crippen molar-refractivity contribution in [3.8, 4) is 5.75 Å². The highest BCUT2D eigenvalue weighted by atomic mass is 19.4. The van der Waals surface area contributed by atoms with Gasteiger partial charge in [-0.3, -0.25) is 4.79 Å². The first kappa shape index (κ1) is 15.7. The lowest BCUT2D eigenvalue weighted by atomic mass is 10.0. The van der Waals surface area contributed by atoms with Crippen LogP contribution in [0.15, 0.2) is 24.3 Å². The molecule has 6 heteroatoms. The van der Waals surface area contributed by atoms with E-state index in [0.29, 0.717) is 0 Å². The molecule has 1 atom stereocenters. The predicted molar refractivity (Wildman–Crippen MR) is 72.0 cm³/mol. The standard InChI is InChI=1S/C15H18F3NO2/c1-11-4-2-3-9-19(11)14(20)10-21-13-7-5-12(6-8-13)15(16,17)18/h5-8,11H,2-4,9-10H2,1H3. The highest BCUT2D eigenvalue weighted by Gasteiger charge is 2.30. The van der Waals surface area contributed by atoms with Crippen molar-refractivity contribution in [2.75, 3.05) is 13.2 Å². The van der Waals surface area contributed by atoms with Gasteiger partial charge in [-0.2, -0.15) is 13.2 Å². The van der Waals surface area contributed by atoms with Gasteiger partial charge in [0, 0.05) is 12.6 Å². The maximum Gasteiger partial charge on any atom is 0.416 e. The molecule has 0 bridgehead atoms. The molecule has 1 saturated heterocycles. The Bertz CT molecular complexity index is 485. The summed E-state index contributed by atoms with van der Waals surface area (Å²) in [5, 5.41) is 0. The van der Waals surface area contributed by atoms with E-state index in [-0.39, 0.29) is 24.3 Å². The van der Waals surface area contributed by atoms with E-state index in [1.165, 1.54) is 12.1 Å². The number of likely N-dealkylation sites (tertiary alicyclic amines) is 1. The third-order valence-corrected chi connectivity index (χ3v) is 3.67. The van der Waals surface area contributed by atoms with Gasteiger partial charge in [0.25, 0.3) is 5.91 Å². The molecule has 1 heterocycles. The summed E-state index contributed by atoms with van der Waals surface area (Å²) in [4.78, 5) is 13.8. The van der Waals surface area contributed by atoms with Crippen molar-refractivity contribution < 1.29 is 22.7 Å². The summed E-state index contributed by atoms with van der Waals surface area (Å²) in [6.07, 6.45) is -1.29. The number of piperidine rings is 1. The molecule has 116 valence electrons. The molecule has 1 amide bonds. The second-order valence-corrected chi connectivity index (χ2v) is 5.24. The van der Waals surface area contributed by atoms with E-state index in [1.807, 2.05) is 6.92 Å². The summed E-state index contributed by atoms with van der Waals surface area (Å²) in [5.74, 6) is 0.142. The zero-order valence-electron chi connectivity index (χ0n) is 11.8. The molecule has 21 heavy (non-hydrogen) atoms. The largest absolute Gasteiger partial charge is 0.484 e. The van der Waals surface area contributed by atoms with E-state index >= 15 is 0 Å². The Balaban J connectivity index is 1.89. The summed E-state index contributed by atoms with van der Waals surface area (Å²) in [6, 6.07) is 4.56. The lowest BCUT2D eigenvalue weighted by Crippen LogP contribution is -2.44. The van der Waals surface area contributed by atoms with Gasteiger partial charge in [-0.15, -0.1) is 0 Å². The SMILES string of the molecule is CC1CCCCN1C(=O)COc1ccc(C(F)(F)F)cc1. The van der Waals surface area contributed by atoms with E-state index in [2.05, 4.69) is 0 Å². The van der Waals surface area contributed by atoms with Crippen LogP contribution in [0.1, 0.15) is 31.7 Å². The number of benzene rings is 1. The molecule has 0 aromatic heterocycles. The number of carbonyl (C=O) groups is 1. The number of nitrogens with zero attached hydrogens (tertiary/aromatic N) is 1. The summed E-state index contributed by atoms with van der Waals surface area (Å²) < 4.78 is 42.5. The average Bonchev–Trinajstić information content (AvgIpc) is 2.45. The normalized spacial score (nSPS) is 19.4. The van der Waals surface area contributed by atoms with Crippen LogP contribution in [0, 0.1) is 0 Å². The van der Waals surface area contributed by atoms with E-state index in [4.69, 9.17) is 4.74 Å². The minimum atomic E-state index is -4.36. The maximum atomic E-state index is 12.4. The smallest absolute Gasteiger partial charge is 0.416 e. The van der Waals surface area contributed by atoms with Gasteiger partial charge in [0.15, 0.2) is 6.61 Å². The zero-order chi connectivity index (χ0) is 15.5. The van der Waals surface area contributed by atoms with Gasteiger partial charge in [-0.1, -0.05) is 0 Å². The second-order valence-electron chi connectivity index (χ2n) is 5.24. The van der Waals surface area contributed by atoms with Crippen molar-refractivity contribution in [2.24, 2.45) is 0 Å². The predicted octanol–water partition coefficient (Wildman–Crippen LogP) is 3.49. The molecular weight excluding hydrogens is 283 g/mol. The Morgan fingerprint density at radius 1 is 1.29 bits per heavy atom. The summed E-state index contributed by atoms with van der Waals surface area (Å²) in [7, 11) is 0. The van der Waals surface area contributed by atoms with Crippen molar-refractivity contribution in [3.05, 3.63) is 29.8 Å². The van der Waals surface area contributed by atoms with Gasteiger partial charge in [0.05, 0.1) is 5.56 Å². The molecule has 1 fully saturated rings. The molecule has 3 nitrogen and oxygen atoms in total. The topological polar surface area (TPSA) is 29.5 Å². The highest BCUT2D eigenvalue weighted by molar-refractivity contribution is 5.78. The Labute approximate surface area is 121 Å². The molecule has 1 aromatic carbocycles. The van der Waals surface area contributed by atoms with Crippen molar-refractivity contribution in [1.29, 1.82) is 0 Å². The van der Waals surface area contributed by atoms with Crippen LogP contribution >= 0.6 is 0 Å². The first-order valence-corrected chi connectivity index (χ1v) is 6.97. The van der Waals surface area contributed by atoms with Crippen LogP contribution in [0.2, 0.25) is 0 Å². The van der Waals surface area contributed by atoms with E-state index in [1.54, 1.807) is 4.90 Å². The zero-order valence-corrected chi connectivity index (χ0v) is 11.8. The molecule has 1 aromatic rings. The highest BCUT2D eigenvalue weighted by Crippen LogP contribution is 2.30. The van der Waals surface area contributed by atoms with Gasteiger partial charge >= 0.3 is 6.18 Å². The van der Waals surface area contributed by atoms with Gasteiger partial charge in [0.2, 0.25) is 0 Å². The van der Waals surface area contributed by atoms with Crippen molar-refractivity contribution in [3.63, 3.8) is 0 Å². The number of rotatable bonds is 3. The Hall–Kier alpha value is -1.72. The second kappa shape index (κ2) is 6.37. The van der Waals surface area contributed by atoms with Gasteiger partial charge in [-0.05, 0) is 50.5 Å². The number of hydrogen-bond acceptors (Lipinski definition) is 2. The number of halogens is 3. The number of amides is 1. The van der Waals surface area contributed by atoms with Crippen LogP contribution in [-0.4, -0.2) is 30.0 Å². The Morgan fingerprint density at radius 2 is 1.95 bits per heavy atom. The fraction of sp³-hybridized carbons (Fsp3) is 0.533. The third-order valence-electron chi connectivity index (χ3n) is 3.67. The van der Waals surface area contributed by atoms with Crippen molar-refractivity contribution >= 4 is 5.91 Å². The number of ether oxygens (including phenoxy) is 1. The van der Waals surface area contributed by atoms with Crippen LogP contribution in [0.3, 0.4) is 0 Å². The molecule has 1 unspecified atom stereocenters. The fourth-order valence-electron chi connectivity index (χ4n) is 2.44. The number of carbonyl (C=O) groups excluding carboxylic acids is 1. The Morgan fingerprint density at radius 3 is 2.52 bits per heavy atom. The monoisotopic (exact) mass is 301 g/mol. The number of hydrogen-bond donors (Lipinski definition) is 0. The van der Waals surface area contributed by atoms with E-state index in [0.717, 1.165) is 37.9 Å². The molecule has 1 aliphatic heterocycles. The van der Waals surface area contributed by atoms with Crippen LogP contribution in [-0.2, 0) is 11.0 Å². The summed E-state index contributed by atoms with van der Waals surface area (Å²) in [5.41, 5.74) is -0.731. The van der Waals surface area contributed by atoms with Gasteiger partial charge in [0.1, 0.15) is 5.75 Å². The van der Waals surface area contributed by atoms with E-state index in [9.17, 15) is 18.0 Å². The number of alkyl halides is 3. The quantitative estimate of drug-likeness (QED) is 0.855. The maximum absolute atomic E-state index is 12.4. The molecule has 0 N–H and O–H groups in total. The van der Waals surface area contributed by atoms with Gasteiger partial charge < -0.3 is 9.64 Å². The summed E-state index contributed by atoms with van der Waals surface area (Å²) >= 11 is 0. The van der Waals surface area contributed by atoms with Gasteiger partial charge in [-0.25, -0.2) is 0 Å². The van der Waals surface area contributed by atoms with Crippen LogP contribution in [0.5, 0.6) is 5.75 Å². The van der Waals surface area contributed by atoms with E-state index < -0.39 is 11.7 Å². The first-order chi connectivity index (χ1) is 9.88. The van der Waals surface area contributed by atoms with Crippen LogP contribution < -0.4 is 4.74 Å². The molecule has 1 aliphatic rings. The van der Waals surface area contributed by atoms with Crippen molar-refractivity contribution in [2.45, 2.75) is 38.4 Å². The molecule has 2 rings (SSSR count). The molecule has 0 aliphatic carbocycles. The lowest BCUT2D eigenvalue weighted by molar-refractivity contribution is -0.138. The summed E-state index contributed by atoms with van der Waals surface area (Å²) in [6.45, 7) is 2.57. The molecule has 0 saturated carbocycles. The Kier molecular flexibility index (Phi) is 4.75. The molecule has 0 radical (unpaired) electrons. The van der Waals surface area contributed by atoms with Crippen LogP contribution in [0.4, 0.5) is 13.2 Å². The first-order valence-electron chi connectivity index (χ1n) is 6.97. The van der Waals surface area contributed by atoms with Crippen molar-refractivity contribution in [1.82, 2.24) is 4.90 Å². The fourth-order valence-corrected chi connectivity index (χ4v) is 2.44. The van der Waals surface area contributed by atoms with Crippen LogP contribution in [0.25, 0.3) is 0 Å². The average molecular weight is 301 g/mol. The third kappa shape index (κ3) is 4.12. The minimum Gasteiger partial charge on any atom is -0.484 e.